The van der Waals surface area contributed by atoms with E-state index in [-0.39, 0.29) is 11.6 Å². The Labute approximate surface area is 171 Å². The number of hydrogen-bond donors (Lipinski definition) is 1. The number of nitrogens with one attached hydrogen (secondary N) is 1. The number of nitro benzene ring substituents is 1. The van der Waals surface area contributed by atoms with Crippen LogP contribution >= 0.6 is 0 Å². The number of aromatic nitrogens is 1. The van der Waals surface area contributed by atoms with Gasteiger partial charge in [0.15, 0.2) is 6.61 Å². The summed E-state index contributed by atoms with van der Waals surface area (Å²) in [5, 5.41) is 23.3. The minimum atomic E-state index is -0.730. The van der Waals surface area contributed by atoms with Crippen LogP contribution in [-0.2, 0) is 4.79 Å². The summed E-state index contributed by atoms with van der Waals surface area (Å²) in [6.07, 6.45) is 0. The maximum absolute atomic E-state index is 13.4. The van der Waals surface area contributed by atoms with Gasteiger partial charge in [0.25, 0.3) is 5.91 Å². The number of carbonyl (C=O) groups is 1. The summed E-state index contributed by atoms with van der Waals surface area (Å²) in [5.74, 6) is -1.48. The quantitative estimate of drug-likeness (QED) is 0.489. The van der Waals surface area contributed by atoms with Gasteiger partial charge < -0.3 is 10.1 Å². The maximum Gasteiger partial charge on any atom is 0.311 e. The lowest BCUT2D eigenvalue weighted by Gasteiger charge is -2.13. The Kier molecular flexibility index (Phi) is 5.78. The van der Waals surface area contributed by atoms with Crippen LogP contribution in [0.2, 0.25) is 0 Å². The number of anilines is 1. The molecule has 30 heavy (non-hydrogen) atoms. The fraction of sp³-hybridized carbons (Fsp3) is 0.143. The number of rotatable bonds is 6. The Morgan fingerprint density at radius 3 is 2.60 bits per heavy atom. The zero-order chi connectivity index (χ0) is 21.8. The second-order valence-corrected chi connectivity index (χ2v) is 6.42. The van der Waals surface area contributed by atoms with Crippen molar-refractivity contribution in [1.29, 1.82) is 5.26 Å². The van der Waals surface area contributed by atoms with Crippen molar-refractivity contribution in [1.82, 2.24) is 4.57 Å². The first-order valence-electron chi connectivity index (χ1n) is 8.87. The first-order valence-corrected chi connectivity index (χ1v) is 8.87. The Hall–Kier alpha value is -4.19. The Morgan fingerprint density at radius 2 is 1.97 bits per heavy atom. The van der Waals surface area contributed by atoms with Gasteiger partial charge in [0.2, 0.25) is 5.75 Å². The number of para-hydroxylation sites is 1. The lowest BCUT2D eigenvalue weighted by Crippen LogP contribution is -2.22. The van der Waals surface area contributed by atoms with Gasteiger partial charge in [0.05, 0.1) is 10.5 Å². The van der Waals surface area contributed by atoms with Crippen LogP contribution in [0.25, 0.3) is 5.69 Å². The average molecular weight is 408 g/mol. The number of carbonyl (C=O) groups excluding carboxylic acids is 1. The van der Waals surface area contributed by atoms with Crippen molar-refractivity contribution in [2.75, 3.05) is 11.9 Å². The van der Waals surface area contributed by atoms with E-state index in [0.29, 0.717) is 11.1 Å². The fourth-order valence-electron chi connectivity index (χ4n) is 3.03. The molecule has 3 aromatic rings. The lowest BCUT2D eigenvalue weighted by atomic mass is 10.2. The fourth-order valence-corrected chi connectivity index (χ4v) is 3.03. The van der Waals surface area contributed by atoms with Crippen molar-refractivity contribution >= 4 is 17.4 Å². The molecule has 0 spiro atoms. The molecule has 0 fully saturated rings. The van der Waals surface area contributed by atoms with Crippen LogP contribution in [0, 0.1) is 41.1 Å². The van der Waals surface area contributed by atoms with Crippen LogP contribution in [0.5, 0.6) is 5.75 Å². The summed E-state index contributed by atoms with van der Waals surface area (Å²) in [6, 6.07) is 14.0. The third-order valence-corrected chi connectivity index (χ3v) is 4.57. The number of halogens is 1. The summed E-state index contributed by atoms with van der Waals surface area (Å²) in [4.78, 5) is 22.8. The van der Waals surface area contributed by atoms with E-state index in [1.807, 2.05) is 37.3 Å². The number of hydrogen-bond acceptors (Lipinski definition) is 5. The molecule has 2 aromatic carbocycles. The molecule has 1 N–H and O–H groups in total. The molecule has 0 saturated carbocycles. The normalized spacial score (nSPS) is 10.3. The van der Waals surface area contributed by atoms with Gasteiger partial charge in [-0.2, -0.15) is 5.26 Å². The summed E-state index contributed by atoms with van der Waals surface area (Å²) in [6.45, 7) is 2.99. The van der Waals surface area contributed by atoms with Crippen molar-refractivity contribution in [3.05, 3.63) is 81.3 Å². The SMILES string of the molecule is Cc1c(C#N)c(NC(=O)COc2cc(F)ccc2[N+](=O)[O-])n(-c2ccccc2)c1C. The third-order valence-electron chi connectivity index (χ3n) is 4.57. The Balaban J connectivity index is 1.88. The highest BCUT2D eigenvalue weighted by atomic mass is 19.1. The van der Waals surface area contributed by atoms with Gasteiger partial charge in [0, 0.05) is 23.5 Å². The summed E-state index contributed by atoms with van der Waals surface area (Å²) in [5.41, 5.74) is 2.06. The Bertz CT molecular complexity index is 1170. The molecule has 152 valence electrons. The van der Waals surface area contributed by atoms with Gasteiger partial charge in [-0.05, 0) is 37.6 Å². The number of nitrogens with zero attached hydrogens (tertiary/aromatic N) is 3. The first kappa shape index (κ1) is 20.5. The van der Waals surface area contributed by atoms with Gasteiger partial charge in [0.1, 0.15) is 17.7 Å². The van der Waals surface area contributed by atoms with E-state index in [0.717, 1.165) is 29.6 Å². The van der Waals surface area contributed by atoms with Crippen molar-refractivity contribution in [3.63, 3.8) is 0 Å². The first-order chi connectivity index (χ1) is 14.3. The summed E-state index contributed by atoms with van der Waals surface area (Å²) < 4.78 is 20.3. The zero-order valence-electron chi connectivity index (χ0n) is 16.2. The van der Waals surface area contributed by atoms with Gasteiger partial charge >= 0.3 is 5.69 Å². The zero-order valence-corrected chi connectivity index (χ0v) is 16.2. The molecule has 8 nitrogen and oxygen atoms in total. The van der Waals surface area contributed by atoms with Crippen molar-refractivity contribution in [3.8, 4) is 17.5 Å². The number of benzene rings is 2. The van der Waals surface area contributed by atoms with E-state index in [2.05, 4.69) is 11.4 Å². The van der Waals surface area contributed by atoms with Gasteiger partial charge in [-0.1, -0.05) is 18.2 Å². The number of amides is 1. The highest BCUT2D eigenvalue weighted by molar-refractivity contribution is 5.93. The molecule has 0 aliphatic carbocycles. The van der Waals surface area contributed by atoms with Crippen LogP contribution in [0.4, 0.5) is 15.9 Å². The standard InChI is InChI=1S/C21H17FN4O4/c1-13-14(2)25(16-6-4-3-5-7-16)21(17(13)11-23)24-20(27)12-30-19-10-15(22)8-9-18(19)26(28)29/h3-10H,12H2,1-2H3,(H,24,27). The molecule has 0 unspecified atom stereocenters. The average Bonchev–Trinajstić information content (AvgIpc) is 2.96. The number of nitro groups is 1. The van der Waals surface area contributed by atoms with Crippen molar-refractivity contribution < 1.29 is 18.8 Å². The molecule has 0 saturated heterocycles. The topological polar surface area (TPSA) is 110 Å². The number of ether oxygens (including phenoxy) is 1. The van der Waals surface area contributed by atoms with Crippen molar-refractivity contribution in [2.45, 2.75) is 13.8 Å². The molecular formula is C21H17FN4O4. The van der Waals surface area contributed by atoms with Crippen LogP contribution in [0.3, 0.4) is 0 Å². The van der Waals surface area contributed by atoms with Crippen molar-refractivity contribution in [2.24, 2.45) is 0 Å². The molecule has 1 amide bonds. The molecule has 3 rings (SSSR count). The highest BCUT2D eigenvalue weighted by Crippen LogP contribution is 2.30. The van der Waals surface area contributed by atoms with Gasteiger partial charge in [-0.25, -0.2) is 4.39 Å². The summed E-state index contributed by atoms with van der Waals surface area (Å²) >= 11 is 0. The van der Waals surface area contributed by atoms with E-state index < -0.39 is 28.9 Å². The van der Waals surface area contributed by atoms with Crippen LogP contribution in [0.1, 0.15) is 16.8 Å². The third kappa shape index (κ3) is 3.98. The predicted octanol–water partition coefficient (Wildman–Crippen LogP) is 4.03. The van der Waals surface area contributed by atoms with Gasteiger partial charge in [-0.15, -0.1) is 0 Å². The molecule has 0 aliphatic rings. The molecule has 9 heteroatoms. The molecule has 0 bridgehead atoms. The monoisotopic (exact) mass is 408 g/mol. The molecule has 0 radical (unpaired) electrons. The van der Waals surface area contributed by atoms with Crippen LogP contribution in [0.15, 0.2) is 48.5 Å². The molecule has 0 atom stereocenters. The van der Waals surface area contributed by atoms with E-state index in [1.165, 1.54) is 0 Å². The van der Waals surface area contributed by atoms with Crippen LogP contribution < -0.4 is 10.1 Å². The number of nitriles is 1. The predicted molar refractivity (Wildman–Crippen MR) is 107 cm³/mol. The molecule has 0 aliphatic heterocycles. The lowest BCUT2D eigenvalue weighted by molar-refractivity contribution is -0.385. The van der Waals surface area contributed by atoms with Gasteiger partial charge in [-0.3, -0.25) is 19.5 Å². The van der Waals surface area contributed by atoms with E-state index in [4.69, 9.17) is 4.74 Å². The molecular weight excluding hydrogens is 391 g/mol. The second kappa shape index (κ2) is 8.45. The van der Waals surface area contributed by atoms with Crippen LogP contribution in [-0.4, -0.2) is 22.0 Å². The Morgan fingerprint density at radius 1 is 1.27 bits per heavy atom. The smallest absolute Gasteiger partial charge is 0.311 e. The summed E-state index contributed by atoms with van der Waals surface area (Å²) in [7, 11) is 0. The largest absolute Gasteiger partial charge is 0.477 e. The molecule has 1 heterocycles. The minimum absolute atomic E-state index is 0.265. The molecule has 1 aromatic heterocycles. The highest BCUT2D eigenvalue weighted by Gasteiger charge is 2.22. The van der Waals surface area contributed by atoms with E-state index in [9.17, 15) is 24.6 Å². The maximum atomic E-state index is 13.4. The van der Waals surface area contributed by atoms with E-state index >= 15 is 0 Å². The van der Waals surface area contributed by atoms with E-state index in [1.54, 1.807) is 11.5 Å². The second-order valence-electron chi connectivity index (χ2n) is 6.42. The minimum Gasteiger partial charge on any atom is -0.477 e.